The Morgan fingerprint density at radius 2 is 1.88 bits per heavy atom. The monoisotopic (exact) mass is 512 g/mol. The first-order chi connectivity index (χ1) is 12.5. The maximum atomic E-state index is 10.9. The number of ether oxygens (including phenoxy) is 2. The SMILES string of the molecule is COc1cc(S)c(/C=C/COc2cc3sc(C=O)cc3cc2Br)cc1Br. The number of hydrogen-bond donors (Lipinski definition) is 1. The molecule has 7 heteroatoms. The Kier molecular flexibility index (Phi) is 6.45. The molecule has 0 radical (unpaired) electrons. The van der Waals surface area contributed by atoms with Crippen LogP contribution in [0.3, 0.4) is 0 Å². The molecule has 0 amide bonds. The van der Waals surface area contributed by atoms with Crippen LogP contribution in [0.25, 0.3) is 16.2 Å². The fraction of sp³-hybridized carbons (Fsp3) is 0.105. The van der Waals surface area contributed by atoms with Gasteiger partial charge < -0.3 is 9.47 Å². The Morgan fingerprint density at radius 3 is 2.62 bits per heavy atom. The molecule has 0 atom stereocenters. The zero-order valence-corrected chi connectivity index (χ0v) is 18.5. The van der Waals surface area contributed by atoms with Gasteiger partial charge >= 0.3 is 0 Å². The fourth-order valence-electron chi connectivity index (χ4n) is 2.39. The molecule has 3 nitrogen and oxygen atoms in total. The summed E-state index contributed by atoms with van der Waals surface area (Å²) in [5, 5.41) is 1.02. The van der Waals surface area contributed by atoms with Crippen LogP contribution in [0, 0.1) is 0 Å². The van der Waals surface area contributed by atoms with Gasteiger partial charge in [-0.3, -0.25) is 4.79 Å². The molecule has 26 heavy (non-hydrogen) atoms. The van der Waals surface area contributed by atoms with E-state index in [0.717, 1.165) is 47.3 Å². The highest BCUT2D eigenvalue weighted by Crippen LogP contribution is 2.35. The fourth-order valence-corrected chi connectivity index (χ4v) is 4.54. The van der Waals surface area contributed by atoms with E-state index < -0.39 is 0 Å². The summed E-state index contributed by atoms with van der Waals surface area (Å²) in [5.41, 5.74) is 0.966. The van der Waals surface area contributed by atoms with Crippen LogP contribution in [0.2, 0.25) is 0 Å². The van der Waals surface area contributed by atoms with E-state index in [1.165, 1.54) is 11.3 Å². The van der Waals surface area contributed by atoms with Crippen LogP contribution in [0.4, 0.5) is 0 Å². The summed E-state index contributed by atoms with van der Waals surface area (Å²) in [6, 6.07) is 9.59. The number of thiophene rings is 1. The lowest BCUT2D eigenvalue weighted by molar-refractivity contribution is 0.112. The summed E-state index contributed by atoms with van der Waals surface area (Å²) in [5.74, 6) is 1.48. The van der Waals surface area contributed by atoms with Crippen molar-refractivity contribution in [2.45, 2.75) is 4.90 Å². The average molecular weight is 514 g/mol. The number of methoxy groups -OCH3 is 1. The van der Waals surface area contributed by atoms with E-state index in [9.17, 15) is 4.79 Å². The lowest BCUT2D eigenvalue weighted by atomic mass is 10.2. The number of aldehydes is 1. The third-order valence-electron chi connectivity index (χ3n) is 3.64. The third-order valence-corrected chi connectivity index (χ3v) is 6.29. The topological polar surface area (TPSA) is 35.5 Å². The molecule has 3 aromatic rings. The van der Waals surface area contributed by atoms with Crippen LogP contribution in [0.1, 0.15) is 15.2 Å². The van der Waals surface area contributed by atoms with E-state index in [1.807, 2.05) is 42.5 Å². The predicted molar refractivity (Wildman–Crippen MR) is 117 cm³/mol. The highest BCUT2D eigenvalue weighted by molar-refractivity contribution is 9.11. The van der Waals surface area contributed by atoms with Crippen LogP contribution < -0.4 is 9.47 Å². The first-order valence-electron chi connectivity index (χ1n) is 7.56. The van der Waals surface area contributed by atoms with Gasteiger partial charge in [-0.05, 0) is 79.2 Å². The van der Waals surface area contributed by atoms with Crippen LogP contribution in [0.5, 0.6) is 11.5 Å². The quantitative estimate of drug-likeness (QED) is 0.297. The molecule has 0 spiro atoms. The number of thiol groups is 1. The third kappa shape index (κ3) is 4.34. The van der Waals surface area contributed by atoms with Crippen molar-refractivity contribution in [3.63, 3.8) is 0 Å². The minimum absolute atomic E-state index is 0.410. The van der Waals surface area contributed by atoms with Crippen LogP contribution in [-0.2, 0) is 0 Å². The maximum Gasteiger partial charge on any atom is 0.160 e. The Hall–Kier alpha value is -1.28. The zero-order valence-electron chi connectivity index (χ0n) is 13.7. The van der Waals surface area contributed by atoms with Crippen LogP contribution >= 0.6 is 55.8 Å². The standard InChI is InChI=1S/C19H14Br2O3S2/c1-23-16-8-18(25)11(6-14(16)20)3-2-4-24-17-9-19-12(7-15(17)21)5-13(10-22)26-19/h2-3,5-10,25H,4H2,1H3/b3-2+. The lowest BCUT2D eigenvalue weighted by Gasteiger charge is -2.08. The Labute approximate surface area is 177 Å². The number of hydrogen-bond acceptors (Lipinski definition) is 5. The van der Waals surface area contributed by atoms with Crippen molar-refractivity contribution < 1.29 is 14.3 Å². The van der Waals surface area contributed by atoms with Gasteiger partial charge in [0.2, 0.25) is 0 Å². The Balaban J connectivity index is 1.72. The van der Waals surface area contributed by atoms with E-state index >= 15 is 0 Å². The summed E-state index contributed by atoms with van der Waals surface area (Å²) >= 11 is 12.9. The molecule has 0 bridgehead atoms. The molecule has 0 aliphatic heterocycles. The number of benzene rings is 2. The van der Waals surface area contributed by atoms with Gasteiger partial charge in [0.05, 0.1) is 20.9 Å². The van der Waals surface area contributed by atoms with E-state index in [0.29, 0.717) is 11.5 Å². The average Bonchev–Trinajstić information content (AvgIpc) is 3.02. The minimum atomic E-state index is 0.410. The number of halogens is 2. The molecule has 0 aliphatic rings. The first kappa shape index (κ1) is 19.5. The molecule has 0 saturated heterocycles. The van der Waals surface area contributed by atoms with Crippen molar-refractivity contribution in [2.24, 2.45) is 0 Å². The number of fused-ring (bicyclic) bond motifs is 1. The second kappa shape index (κ2) is 8.61. The first-order valence-corrected chi connectivity index (χ1v) is 10.4. The maximum absolute atomic E-state index is 10.9. The number of carbonyl (C=O) groups excluding carboxylic acids is 1. The normalized spacial score (nSPS) is 11.2. The molecule has 134 valence electrons. The number of carbonyl (C=O) groups is 1. The molecule has 1 aromatic heterocycles. The van der Waals surface area contributed by atoms with E-state index in [-0.39, 0.29) is 0 Å². The summed E-state index contributed by atoms with van der Waals surface area (Å²) in [6.07, 6.45) is 4.74. The smallest absolute Gasteiger partial charge is 0.160 e. The summed E-state index contributed by atoms with van der Waals surface area (Å²) < 4.78 is 13.8. The van der Waals surface area contributed by atoms with Crippen molar-refractivity contribution >= 4 is 78.3 Å². The second-order valence-corrected chi connectivity index (χ2v) is 8.65. The molecule has 3 rings (SSSR count). The Morgan fingerprint density at radius 1 is 1.12 bits per heavy atom. The van der Waals surface area contributed by atoms with E-state index in [1.54, 1.807) is 7.11 Å². The minimum Gasteiger partial charge on any atom is -0.496 e. The van der Waals surface area contributed by atoms with Gasteiger partial charge in [-0.1, -0.05) is 6.08 Å². The van der Waals surface area contributed by atoms with Gasteiger partial charge in [0, 0.05) is 9.60 Å². The van der Waals surface area contributed by atoms with Crippen molar-refractivity contribution in [2.75, 3.05) is 13.7 Å². The van der Waals surface area contributed by atoms with Gasteiger partial charge in [-0.2, -0.15) is 0 Å². The van der Waals surface area contributed by atoms with Crippen molar-refractivity contribution in [1.29, 1.82) is 0 Å². The zero-order chi connectivity index (χ0) is 18.7. The molecule has 0 aliphatic carbocycles. The van der Waals surface area contributed by atoms with E-state index in [2.05, 4.69) is 44.5 Å². The van der Waals surface area contributed by atoms with Gasteiger partial charge in [0.25, 0.3) is 0 Å². The Bertz CT molecular complexity index is 996. The number of rotatable bonds is 6. The molecular formula is C19H14Br2O3S2. The van der Waals surface area contributed by atoms with Gasteiger partial charge in [-0.15, -0.1) is 24.0 Å². The lowest BCUT2D eigenvalue weighted by Crippen LogP contribution is -1.94. The highest BCUT2D eigenvalue weighted by atomic mass is 79.9. The largest absolute Gasteiger partial charge is 0.496 e. The van der Waals surface area contributed by atoms with Gasteiger partial charge in [0.15, 0.2) is 6.29 Å². The molecule has 0 fully saturated rings. The summed E-state index contributed by atoms with van der Waals surface area (Å²) in [7, 11) is 1.62. The molecule has 0 saturated carbocycles. The molecule has 2 aromatic carbocycles. The van der Waals surface area contributed by atoms with Crippen molar-refractivity contribution in [1.82, 2.24) is 0 Å². The second-order valence-electron chi connectivity index (χ2n) is 5.35. The summed E-state index contributed by atoms with van der Waals surface area (Å²) in [4.78, 5) is 12.5. The highest BCUT2D eigenvalue weighted by Gasteiger charge is 2.08. The molecule has 1 heterocycles. The molecule has 0 N–H and O–H groups in total. The van der Waals surface area contributed by atoms with Crippen molar-refractivity contribution in [3.05, 3.63) is 55.8 Å². The summed E-state index contributed by atoms with van der Waals surface area (Å²) in [6.45, 7) is 0.410. The van der Waals surface area contributed by atoms with E-state index in [4.69, 9.17) is 9.47 Å². The van der Waals surface area contributed by atoms with Crippen LogP contribution in [-0.4, -0.2) is 20.0 Å². The predicted octanol–water partition coefficient (Wildman–Crippen LogP) is 6.63. The van der Waals surface area contributed by atoms with Crippen LogP contribution in [0.15, 0.2) is 50.2 Å². The van der Waals surface area contributed by atoms with Gasteiger partial charge in [-0.25, -0.2) is 0 Å². The molecule has 0 unspecified atom stereocenters. The van der Waals surface area contributed by atoms with Gasteiger partial charge in [0.1, 0.15) is 18.1 Å². The molecular weight excluding hydrogens is 500 g/mol. The van der Waals surface area contributed by atoms with Crippen molar-refractivity contribution in [3.8, 4) is 11.5 Å².